The van der Waals surface area contributed by atoms with Crippen LogP contribution in [0.1, 0.15) is 24.2 Å². The second-order valence-electron chi connectivity index (χ2n) is 8.44. The monoisotopic (exact) mass is 505 g/mol. The van der Waals surface area contributed by atoms with Crippen molar-refractivity contribution in [2.45, 2.75) is 25.4 Å². The number of hydroxylamine groups is 1. The number of ether oxygens (including phenoxy) is 1. The summed E-state index contributed by atoms with van der Waals surface area (Å²) in [6, 6.07) is 12.1. The van der Waals surface area contributed by atoms with Gasteiger partial charge in [0, 0.05) is 22.6 Å². The first-order valence-electron chi connectivity index (χ1n) is 10.5. The molecule has 0 aliphatic carbocycles. The first-order valence-corrected chi connectivity index (χ1v) is 12.4. The Morgan fingerprint density at radius 3 is 2.40 bits per heavy atom. The summed E-state index contributed by atoms with van der Waals surface area (Å²) in [4.78, 5) is 25.0. The minimum Gasteiger partial charge on any atom is -0.491 e. The van der Waals surface area contributed by atoms with Gasteiger partial charge < -0.3 is 19.6 Å². The Morgan fingerprint density at radius 1 is 1.11 bits per heavy atom. The third-order valence-electron chi connectivity index (χ3n) is 5.10. The predicted molar refractivity (Wildman–Crippen MR) is 127 cm³/mol. The number of nitrogens with one attached hydrogen (secondary N) is 3. The van der Waals surface area contributed by atoms with Crippen molar-refractivity contribution in [3.8, 4) is 17.1 Å². The summed E-state index contributed by atoms with van der Waals surface area (Å²) in [5.41, 5.74) is 1.50. The van der Waals surface area contributed by atoms with Gasteiger partial charge in [0.1, 0.15) is 29.7 Å². The van der Waals surface area contributed by atoms with E-state index in [-0.39, 0.29) is 18.8 Å². The van der Waals surface area contributed by atoms with Crippen LogP contribution in [0.15, 0.2) is 52.9 Å². The average Bonchev–Trinajstić information content (AvgIpc) is 3.22. The number of fused-ring (bicyclic) bond motifs is 1. The number of aliphatic hydroxyl groups excluding tert-OH is 1. The molecule has 2 amide bonds. The SMILES string of the molecule is CC(C)(NS(C)(=O)=O)[C@H](NC(=O)c1ccc(-c2cc3ccc(OCCO)cc3o2)cc1)C(=O)NO. The summed E-state index contributed by atoms with van der Waals surface area (Å²) < 4.78 is 36.9. The molecule has 2 aromatic carbocycles. The summed E-state index contributed by atoms with van der Waals surface area (Å²) in [6.07, 6.45) is 0.921. The van der Waals surface area contributed by atoms with Crippen LogP contribution in [0.25, 0.3) is 22.3 Å². The normalized spacial score (nSPS) is 12.8. The van der Waals surface area contributed by atoms with Crippen LogP contribution >= 0.6 is 0 Å². The maximum Gasteiger partial charge on any atom is 0.267 e. The zero-order valence-electron chi connectivity index (χ0n) is 19.4. The smallest absolute Gasteiger partial charge is 0.267 e. The molecule has 188 valence electrons. The van der Waals surface area contributed by atoms with E-state index < -0.39 is 33.4 Å². The standard InChI is InChI=1S/C23H27N3O8S/c1-23(2,26-35(3,31)32)20(22(29)25-30)24-21(28)15-6-4-14(5-7-15)18-12-16-8-9-17(33-11-10-27)13-19(16)34-18/h4-9,12-13,20,26-27,30H,10-11H2,1-3H3,(H,24,28)(H,25,29)/t20-/m1/s1. The lowest BCUT2D eigenvalue weighted by atomic mass is 9.94. The van der Waals surface area contributed by atoms with Crippen molar-refractivity contribution in [1.29, 1.82) is 0 Å². The fourth-order valence-electron chi connectivity index (χ4n) is 3.58. The summed E-state index contributed by atoms with van der Waals surface area (Å²) in [5, 5.41) is 21.3. The second-order valence-corrected chi connectivity index (χ2v) is 10.2. The number of hydrogen-bond acceptors (Lipinski definition) is 8. The topological polar surface area (TPSA) is 167 Å². The van der Waals surface area contributed by atoms with E-state index >= 15 is 0 Å². The largest absolute Gasteiger partial charge is 0.491 e. The lowest BCUT2D eigenvalue weighted by Gasteiger charge is -2.33. The summed E-state index contributed by atoms with van der Waals surface area (Å²) >= 11 is 0. The van der Waals surface area contributed by atoms with E-state index in [1.807, 2.05) is 12.1 Å². The number of benzene rings is 2. The zero-order chi connectivity index (χ0) is 25.8. The fraction of sp³-hybridized carbons (Fsp3) is 0.304. The molecule has 12 heteroatoms. The van der Waals surface area contributed by atoms with Crippen molar-refractivity contribution in [2.75, 3.05) is 19.5 Å². The predicted octanol–water partition coefficient (Wildman–Crippen LogP) is 1.40. The van der Waals surface area contributed by atoms with Crippen LogP contribution in [-0.4, -0.2) is 61.6 Å². The van der Waals surface area contributed by atoms with Gasteiger partial charge in [0.15, 0.2) is 0 Å². The van der Waals surface area contributed by atoms with E-state index in [2.05, 4.69) is 10.0 Å². The van der Waals surface area contributed by atoms with Crippen molar-refractivity contribution in [2.24, 2.45) is 0 Å². The van der Waals surface area contributed by atoms with Gasteiger partial charge in [-0.1, -0.05) is 12.1 Å². The van der Waals surface area contributed by atoms with Gasteiger partial charge in [0.05, 0.1) is 18.4 Å². The lowest BCUT2D eigenvalue weighted by Crippen LogP contribution is -2.64. The van der Waals surface area contributed by atoms with Gasteiger partial charge >= 0.3 is 0 Å². The van der Waals surface area contributed by atoms with E-state index in [1.54, 1.807) is 24.3 Å². The average molecular weight is 506 g/mol. The number of aliphatic hydroxyl groups is 1. The van der Waals surface area contributed by atoms with Crippen LogP contribution in [0.3, 0.4) is 0 Å². The van der Waals surface area contributed by atoms with E-state index in [9.17, 15) is 18.0 Å². The van der Waals surface area contributed by atoms with Gasteiger partial charge in [-0.05, 0) is 44.2 Å². The molecule has 0 aliphatic rings. The summed E-state index contributed by atoms with van der Waals surface area (Å²) in [5.74, 6) is -0.513. The van der Waals surface area contributed by atoms with Crippen molar-refractivity contribution in [3.05, 3.63) is 54.1 Å². The third kappa shape index (κ3) is 6.57. The number of rotatable bonds is 10. The van der Waals surface area contributed by atoms with E-state index in [0.29, 0.717) is 22.7 Å². The third-order valence-corrected chi connectivity index (χ3v) is 6.00. The highest BCUT2D eigenvalue weighted by molar-refractivity contribution is 7.88. The molecule has 35 heavy (non-hydrogen) atoms. The number of carbonyl (C=O) groups excluding carboxylic acids is 2. The number of furan rings is 1. The zero-order valence-corrected chi connectivity index (χ0v) is 20.2. The Morgan fingerprint density at radius 2 is 1.80 bits per heavy atom. The molecular formula is C23H27N3O8S. The molecule has 1 aromatic heterocycles. The number of sulfonamides is 1. The molecule has 1 heterocycles. The Bertz CT molecular complexity index is 1320. The fourth-order valence-corrected chi connectivity index (χ4v) is 4.66. The van der Waals surface area contributed by atoms with Gasteiger partial charge in [-0.15, -0.1) is 0 Å². The quantitative estimate of drug-likeness (QED) is 0.204. The van der Waals surface area contributed by atoms with Crippen molar-refractivity contribution in [3.63, 3.8) is 0 Å². The highest BCUT2D eigenvalue weighted by Gasteiger charge is 2.38. The first-order chi connectivity index (χ1) is 16.4. The number of hydrogen-bond donors (Lipinski definition) is 5. The van der Waals surface area contributed by atoms with Crippen molar-refractivity contribution in [1.82, 2.24) is 15.5 Å². The van der Waals surface area contributed by atoms with E-state index in [0.717, 1.165) is 11.6 Å². The maximum absolute atomic E-state index is 12.8. The van der Waals surface area contributed by atoms with Crippen LogP contribution in [0, 0.1) is 0 Å². The Hall–Kier alpha value is -3.45. The minimum atomic E-state index is -3.72. The van der Waals surface area contributed by atoms with Gasteiger partial charge in [-0.3, -0.25) is 14.8 Å². The Kier molecular flexibility index (Phi) is 7.80. The van der Waals surface area contributed by atoms with Gasteiger partial charge in [0.25, 0.3) is 11.8 Å². The molecule has 11 nitrogen and oxygen atoms in total. The van der Waals surface area contributed by atoms with Crippen molar-refractivity contribution < 1.29 is 37.5 Å². The van der Waals surface area contributed by atoms with Crippen LogP contribution < -0.4 is 20.3 Å². The number of amides is 2. The van der Waals surface area contributed by atoms with Crippen LogP contribution in [0.2, 0.25) is 0 Å². The molecule has 3 rings (SSSR count). The molecule has 0 unspecified atom stereocenters. The lowest BCUT2D eigenvalue weighted by molar-refractivity contribution is -0.132. The van der Waals surface area contributed by atoms with E-state index in [1.165, 1.54) is 31.5 Å². The van der Waals surface area contributed by atoms with Gasteiger partial charge in [-0.2, -0.15) is 0 Å². The van der Waals surface area contributed by atoms with Crippen LogP contribution in [-0.2, 0) is 14.8 Å². The molecule has 0 fully saturated rings. The molecule has 0 saturated carbocycles. The summed E-state index contributed by atoms with van der Waals surface area (Å²) in [7, 11) is -3.72. The van der Waals surface area contributed by atoms with Gasteiger partial charge in [0.2, 0.25) is 10.0 Å². The molecule has 0 saturated heterocycles. The molecule has 0 bridgehead atoms. The Labute approximate surface area is 202 Å². The Balaban J connectivity index is 1.79. The van der Waals surface area contributed by atoms with Crippen LogP contribution in [0.4, 0.5) is 0 Å². The van der Waals surface area contributed by atoms with E-state index in [4.69, 9.17) is 19.5 Å². The summed E-state index contributed by atoms with van der Waals surface area (Å²) in [6.45, 7) is 2.88. The first kappa shape index (κ1) is 26.2. The minimum absolute atomic E-state index is 0.0987. The van der Waals surface area contributed by atoms with Crippen molar-refractivity contribution >= 4 is 32.8 Å². The van der Waals surface area contributed by atoms with Gasteiger partial charge in [-0.25, -0.2) is 18.6 Å². The highest BCUT2D eigenvalue weighted by atomic mass is 32.2. The molecular weight excluding hydrogens is 478 g/mol. The molecule has 0 aliphatic heterocycles. The van der Waals surface area contributed by atoms with Crippen LogP contribution in [0.5, 0.6) is 5.75 Å². The second kappa shape index (κ2) is 10.4. The molecule has 0 radical (unpaired) electrons. The highest BCUT2D eigenvalue weighted by Crippen LogP contribution is 2.30. The molecule has 0 spiro atoms. The maximum atomic E-state index is 12.8. The molecule has 3 aromatic rings. The molecule has 5 N–H and O–H groups in total. The molecule has 1 atom stereocenters. The number of carbonyl (C=O) groups is 2.